The van der Waals surface area contributed by atoms with Crippen molar-refractivity contribution in [2.45, 2.75) is 32.4 Å². The van der Waals surface area contributed by atoms with E-state index in [2.05, 4.69) is 22.5 Å². The molecule has 108 valence electrons. The predicted molar refractivity (Wildman–Crippen MR) is 78.3 cm³/mol. The molecule has 0 aromatic carbocycles. The summed E-state index contributed by atoms with van der Waals surface area (Å²) in [6, 6.07) is 0.301. The number of aryl methyl sites for hydroxylation is 1. The van der Waals surface area contributed by atoms with Gasteiger partial charge in [0.2, 0.25) is 0 Å². The molecule has 7 heteroatoms. The van der Waals surface area contributed by atoms with Crippen molar-refractivity contribution in [1.82, 2.24) is 15.6 Å². The monoisotopic (exact) mass is 303 g/mol. The Balaban J connectivity index is 1.74. The number of sulfone groups is 1. The summed E-state index contributed by atoms with van der Waals surface area (Å²) in [5.41, 5.74) is 1.05. The summed E-state index contributed by atoms with van der Waals surface area (Å²) in [6.45, 7) is 5.45. The van der Waals surface area contributed by atoms with E-state index in [1.807, 2.05) is 12.3 Å². The predicted octanol–water partition coefficient (Wildman–Crippen LogP) is 0.879. The molecule has 0 amide bonds. The molecule has 2 heterocycles. The van der Waals surface area contributed by atoms with Crippen LogP contribution in [-0.4, -0.2) is 44.0 Å². The van der Waals surface area contributed by atoms with Crippen LogP contribution in [0.4, 0.5) is 0 Å². The van der Waals surface area contributed by atoms with Crippen LogP contribution in [0.15, 0.2) is 5.38 Å². The summed E-state index contributed by atoms with van der Waals surface area (Å²) < 4.78 is 23.0. The molecule has 2 unspecified atom stereocenters. The third-order valence-electron chi connectivity index (χ3n) is 3.25. The first kappa shape index (κ1) is 14.9. The van der Waals surface area contributed by atoms with Crippen LogP contribution < -0.4 is 10.6 Å². The van der Waals surface area contributed by atoms with E-state index in [0.717, 1.165) is 23.7 Å². The first-order chi connectivity index (χ1) is 8.96. The highest BCUT2D eigenvalue weighted by Crippen LogP contribution is 2.17. The SMILES string of the molecule is Cc1csc(C(C)NCCC2CS(=O)(=O)CCN2)n1. The van der Waals surface area contributed by atoms with E-state index in [1.165, 1.54) is 0 Å². The van der Waals surface area contributed by atoms with Gasteiger partial charge in [0.15, 0.2) is 9.84 Å². The second-order valence-corrected chi connectivity index (χ2v) is 8.18. The van der Waals surface area contributed by atoms with Crippen molar-refractivity contribution in [2.75, 3.05) is 24.6 Å². The van der Waals surface area contributed by atoms with Crippen molar-refractivity contribution >= 4 is 21.2 Å². The molecular formula is C12H21N3O2S2. The van der Waals surface area contributed by atoms with Gasteiger partial charge in [-0.15, -0.1) is 11.3 Å². The second-order valence-electron chi connectivity index (χ2n) is 5.06. The number of hydrogen-bond donors (Lipinski definition) is 2. The van der Waals surface area contributed by atoms with Gasteiger partial charge in [0.1, 0.15) is 5.01 Å². The molecule has 1 aliphatic rings. The zero-order valence-electron chi connectivity index (χ0n) is 11.3. The van der Waals surface area contributed by atoms with Crippen molar-refractivity contribution in [1.29, 1.82) is 0 Å². The highest BCUT2D eigenvalue weighted by Gasteiger charge is 2.23. The van der Waals surface area contributed by atoms with Crippen LogP contribution in [0.5, 0.6) is 0 Å². The molecule has 1 saturated heterocycles. The van der Waals surface area contributed by atoms with Crippen LogP contribution in [0.25, 0.3) is 0 Å². The zero-order chi connectivity index (χ0) is 13.9. The van der Waals surface area contributed by atoms with Gasteiger partial charge in [0.25, 0.3) is 0 Å². The molecule has 0 radical (unpaired) electrons. The van der Waals surface area contributed by atoms with Gasteiger partial charge in [-0.25, -0.2) is 13.4 Å². The molecule has 1 aliphatic heterocycles. The Morgan fingerprint density at radius 2 is 2.42 bits per heavy atom. The average Bonchev–Trinajstić information content (AvgIpc) is 2.74. The fourth-order valence-corrected chi connectivity index (χ4v) is 4.51. The molecule has 0 spiro atoms. The highest BCUT2D eigenvalue weighted by molar-refractivity contribution is 7.91. The molecule has 0 saturated carbocycles. The molecule has 1 aromatic rings. The lowest BCUT2D eigenvalue weighted by Crippen LogP contribution is -2.46. The lowest BCUT2D eigenvalue weighted by atomic mass is 10.2. The fourth-order valence-electron chi connectivity index (χ4n) is 2.19. The normalized spacial score (nSPS) is 24.2. The highest BCUT2D eigenvalue weighted by atomic mass is 32.2. The van der Waals surface area contributed by atoms with E-state index < -0.39 is 9.84 Å². The summed E-state index contributed by atoms with van der Waals surface area (Å²) in [4.78, 5) is 4.44. The molecule has 0 aliphatic carbocycles. The molecule has 0 bridgehead atoms. The molecule has 2 rings (SSSR count). The summed E-state index contributed by atoms with van der Waals surface area (Å²) in [5.74, 6) is 0.533. The molecular weight excluding hydrogens is 282 g/mol. The Hall–Kier alpha value is -0.500. The summed E-state index contributed by atoms with van der Waals surface area (Å²) in [6.07, 6.45) is 0.827. The van der Waals surface area contributed by atoms with Crippen LogP contribution in [-0.2, 0) is 9.84 Å². The first-order valence-corrected chi connectivity index (χ1v) is 9.25. The Labute approximate surface area is 118 Å². The smallest absolute Gasteiger partial charge is 0.153 e. The zero-order valence-corrected chi connectivity index (χ0v) is 13.0. The van der Waals surface area contributed by atoms with Gasteiger partial charge in [-0.05, 0) is 26.8 Å². The molecule has 2 atom stereocenters. The van der Waals surface area contributed by atoms with Gasteiger partial charge in [-0.1, -0.05) is 0 Å². The molecule has 19 heavy (non-hydrogen) atoms. The third kappa shape index (κ3) is 4.52. The van der Waals surface area contributed by atoms with Gasteiger partial charge in [-0.3, -0.25) is 0 Å². The van der Waals surface area contributed by atoms with E-state index in [0.29, 0.717) is 6.54 Å². The van der Waals surface area contributed by atoms with Crippen LogP contribution in [0, 0.1) is 6.92 Å². The Morgan fingerprint density at radius 1 is 1.63 bits per heavy atom. The van der Waals surface area contributed by atoms with Gasteiger partial charge in [0, 0.05) is 23.7 Å². The Bertz CT molecular complexity index is 513. The lowest BCUT2D eigenvalue weighted by Gasteiger charge is -2.24. The van der Waals surface area contributed by atoms with Crippen molar-refractivity contribution < 1.29 is 8.42 Å². The molecule has 2 N–H and O–H groups in total. The number of hydrogen-bond acceptors (Lipinski definition) is 6. The second kappa shape index (κ2) is 6.30. The average molecular weight is 303 g/mol. The van der Waals surface area contributed by atoms with Gasteiger partial charge in [-0.2, -0.15) is 0 Å². The standard InChI is InChI=1S/C12H21N3O2S2/c1-9-7-18-12(15-9)10(2)13-4-3-11-8-19(16,17)6-5-14-11/h7,10-11,13-14H,3-6,8H2,1-2H3. The van der Waals surface area contributed by atoms with E-state index in [9.17, 15) is 8.42 Å². The maximum atomic E-state index is 11.5. The van der Waals surface area contributed by atoms with Gasteiger partial charge in [0.05, 0.1) is 17.5 Å². The van der Waals surface area contributed by atoms with Crippen LogP contribution >= 0.6 is 11.3 Å². The first-order valence-electron chi connectivity index (χ1n) is 6.55. The fraction of sp³-hybridized carbons (Fsp3) is 0.750. The number of nitrogens with zero attached hydrogens (tertiary/aromatic N) is 1. The van der Waals surface area contributed by atoms with E-state index >= 15 is 0 Å². The number of aromatic nitrogens is 1. The van der Waals surface area contributed by atoms with E-state index in [-0.39, 0.29) is 23.6 Å². The van der Waals surface area contributed by atoms with Crippen molar-refractivity contribution in [3.05, 3.63) is 16.1 Å². The van der Waals surface area contributed by atoms with E-state index in [4.69, 9.17) is 0 Å². The van der Waals surface area contributed by atoms with Crippen molar-refractivity contribution in [3.8, 4) is 0 Å². The quantitative estimate of drug-likeness (QED) is 0.845. The number of thiazole rings is 1. The largest absolute Gasteiger partial charge is 0.312 e. The topological polar surface area (TPSA) is 71.1 Å². The third-order valence-corrected chi connectivity index (χ3v) is 6.13. The summed E-state index contributed by atoms with van der Waals surface area (Å²) in [7, 11) is -2.83. The van der Waals surface area contributed by atoms with Crippen molar-refractivity contribution in [2.24, 2.45) is 0 Å². The number of nitrogens with one attached hydrogen (secondary N) is 2. The summed E-state index contributed by atoms with van der Waals surface area (Å²) in [5, 5.41) is 9.79. The molecule has 1 aromatic heterocycles. The molecule has 1 fully saturated rings. The van der Waals surface area contributed by atoms with Gasteiger partial charge < -0.3 is 10.6 Å². The van der Waals surface area contributed by atoms with E-state index in [1.54, 1.807) is 11.3 Å². The minimum atomic E-state index is -2.83. The van der Waals surface area contributed by atoms with Crippen LogP contribution in [0.1, 0.15) is 30.1 Å². The van der Waals surface area contributed by atoms with Crippen LogP contribution in [0.3, 0.4) is 0 Å². The Kier molecular flexibility index (Phi) is 4.94. The Morgan fingerprint density at radius 3 is 3.05 bits per heavy atom. The van der Waals surface area contributed by atoms with Crippen molar-refractivity contribution in [3.63, 3.8) is 0 Å². The number of rotatable bonds is 5. The lowest BCUT2D eigenvalue weighted by molar-refractivity contribution is 0.462. The van der Waals surface area contributed by atoms with Gasteiger partial charge >= 0.3 is 0 Å². The maximum Gasteiger partial charge on any atom is 0.153 e. The minimum Gasteiger partial charge on any atom is -0.312 e. The minimum absolute atomic E-state index is 0.0801. The summed E-state index contributed by atoms with van der Waals surface area (Å²) >= 11 is 1.66. The van der Waals surface area contributed by atoms with Crippen LogP contribution in [0.2, 0.25) is 0 Å². The molecule has 5 nitrogen and oxygen atoms in total. The maximum absolute atomic E-state index is 11.5.